The number of para-hydroxylation sites is 2. The molecule has 3 N–H and O–H groups in total. The zero-order valence-corrected chi connectivity index (χ0v) is 15.2. The van der Waals surface area contributed by atoms with Crippen LogP contribution in [0, 0.1) is 0 Å². The number of aromatic nitrogens is 1. The number of nitrogens with two attached hydrogens (primary N) is 1. The normalized spacial score (nSPS) is 15.8. The molecule has 5 amide bonds. The molecule has 29 heavy (non-hydrogen) atoms. The van der Waals surface area contributed by atoms with E-state index in [9.17, 15) is 19.2 Å². The number of nitrogens with one attached hydrogen (secondary N) is 1. The molecule has 4 rings (SSSR count). The van der Waals surface area contributed by atoms with Gasteiger partial charge in [0.25, 0.3) is 11.8 Å². The van der Waals surface area contributed by atoms with Crippen LogP contribution >= 0.6 is 0 Å². The molecule has 2 aromatic carbocycles. The Kier molecular flexibility index (Phi) is 4.44. The molecule has 8 nitrogen and oxygen atoms in total. The predicted molar refractivity (Wildman–Crippen MR) is 107 cm³/mol. The van der Waals surface area contributed by atoms with E-state index in [0.29, 0.717) is 11.3 Å². The summed E-state index contributed by atoms with van der Waals surface area (Å²) in [6, 6.07) is 14.8. The van der Waals surface area contributed by atoms with E-state index in [0.717, 1.165) is 15.8 Å². The van der Waals surface area contributed by atoms with Crippen molar-refractivity contribution in [1.29, 1.82) is 0 Å². The molecule has 3 aromatic rings. The summed E-state index contributed by atoms with van der Waals surface area (Å²) in [6.45, 7) is -0.0432. The van der Waals surface area contributed by atoms with Crippen molar-refractivity contribution in [2.75, 3.05) is 4.90 Å². The summed E-state index contributed by atoms with van der Waals surface area (Å²) in [5.74, 6) is -2.02. The summed E-state index contributed by atoms with van der Waals surface area (Å²) >= 11 is 0. The Balaban J connectivity index is 1.81. The minimum Gasteiger partial charge on any atom is -0.368 e. The van der Waals surface area contributed by atoms with Crippen LogP contribution in [0.15, 0.2) is 66.4 Å². The largest absolute Gasteiger partial charge is 0.368 e. The van der Waals surface area contributed by atoms with E-state index in [1.807, 2.05) is 24.3 Å². The molecular weight excluding hydrogens is 372 g/mol. The van der Waals surface area contributed by atoms with E-state index >= 15 is 0 Å². The number of carbonyl (C=O) groups is 4. The highest BCUT2D eigenvalue weighted by molar-refractivity contribution is 6.39. The highest BCUT2D eigenvalue weighted by atomic mass is 16.2. The van der Waals surface area contributed by atoms with Gasteiger partial charge in [-0.15, -0.1) is 0 Å². The Morgan fingerprint density at radius 2 is 1.69 bits per heavy atom. The minimum atomic E-state index is -0.806. The first-order valence-electron chi connectivity index (χ1n) is 8.78. The first-order valence-corrected chi connectivity index (χ1v) is 8.78. The number of carbonyl (C=O) groups excluding carboxylic acids is 4. The van der Waals surface area contributed by atoms with Crippen LogP contribution < -0.4 is 16.0 Å². The van der Waals surface area contributed by atoms with Gasteiger partial charge in [-0.25, -0.2) is 9.69 Å². The molecule has 0 atom stereocenters. The van der Waals surface area contributed by atoms with E-state index < -0.39 is 23.8 Å². The SMILES string of the molecule is NC(=O)Cn1cc(/C=C2\C(=O)NC(=O)N(c3ccccc3)C2=O)c2ccccc21. The quantitative estimate of drug-likeness (QED) is 0.524. The van der Waals surface area contributed by atoms with Gasteiger partial charge in [-0.2, -0.15) is 0 Å². The lowest BCUT2D eigenvalue weighted by molar-refractivity contribution is -0.122. The summed E-state index contributed by atoms with van der Waals surface area (Å²) < 4.78 is 1.65. The van der Waals surface area contributed by atoms with E-state index in [1.165, 1.54) is 6.08 Å². The number of hydrogen-bond donors (Lipinski definition) is 2. The first kappa shape index (κ1) is 18.2. The molecule has 0 unspecified atom stereocenters. The van der Waals surface area contributed by atoms with Gasteiger partial charge >= 0.3 is 6.03 Å². The second-order valence-corrected chi connectivity index (χ2v) is 6.49. The lowest BCUT2D eigenvalue weighted by atomic mass is 10.1. The molecule has 0 bridgehead atoms. The van der Waals surface area contributed by atoms with Gasteiger partial charge in [0.15, 0.2) is 0 Å². The van der Waals surface area contributed by atoms with Crippen LogP contribution in [-0.4, -0.2) is 28.3 Å². The number of anilines is 1. The van der Waals surface area contributed by atoms with Crippen LogP contribution in [0.1, 0.15) is 5.56 Å². The molecule has 2 heterocycles. The van der Waals surface area contributed by atoms with Crippen molar-refractivity contribution in [1.82, 2.24) is 9.88 Å². The second kappa shape index (κ2) is 7.08. The number of hydrogen-bond acceptors (Lipinski definition) is 4. The monoisotopic (exact) mass is 388 g/mol. The van der Waals surface area contributed by atoms with Crippen LogP contribution in [0.3, 0.4) is 0 Å². The number of rotatable bonds is 4. The number of barbiturate groups is 1. The van der Waals surface area contributed by atoms with Gasteiger partial charge < -0.3 is 10.3 Å². The second-order valence-electron chi connectivity index (χ2n) is 6.49. The zero-order valence-electron chi connectivity index (χ0n) is 15.2. The predicted octanol–water partition coefficient (Wildman–Crippen LogP) is 1.79. The van der Waals surface area contributed by atoms with Crippen LogP contribution in [0.2, 0.25) is 0 Å². The third-order valence-corrected chi connectivity index (χ3v) is 4.56. The lowest BCUT2D eigenvalue weighted by Crippen LogP contribution is -2.54. The number of benzene rings is 2. The average molecular weight is 388 g/mol. The number of imide groups is 2. The Bertz CT molecular complexity index is 1190. The molecule has 1 aliphatic heterocycles. The Labute approximate surface area is 165 Å². The highest BCUT2D eigenvalue weighted by Gasteiger charge is 2.36. The maximum absolute atomic E-state index is 13.0. The highest BCUT2D eigenvalue weighted by Crippen LogP contribution is 2.26. The third kappa shape index (κ3) is 3.27. The van der Waals surface area contributed by atoms with Crippen molar-refractivity contribution in [3.8, 4) is 0 Å². The Morgan fingerprint density at radius 3 is 2.41 bits per heavy atom. The number of amides is 5. The minimum absolute atomic E-state index is 0.0432. The fraction of sp³-hybridized carbons (Fsp3) is 0.0476. The van der Waals surface area contributed by atoms with Crippen LogP contribution in [-0.2, 0) is 20.9 Å². The van der Waals surface area contributed by atoms with E-state index in [2.05, 4.69) is 5.32 Å². The molecule has 0 radical (unpaired) electrons. The Hall–Kier alpha value is -4.20. The van der Waals surface area contributed by atoms with Crippen molar-refractivity contribution >= 4 is 46.4 Å². The number of urea groups is 1. The van der Waals surface area contributed by atoms with Gasteiger partial charge in [-0.05, 0) is 24.3 Å². The summed E-state index contributed by atoms with van der Waals surface area (Å²) in [7, 11) is 0. The molecule has 144 valence electrons. The fourth-order valence-electron chi connectivity index (χ4n) is 3.31. The van der Waals surface area contributed by atoms with E-state index in [4.69, 9.17) is 5.73 Å². The molecule has 0 aliphatic carbocycles. The Morgan fingerprint density at radius 1 is 1.00 bits per heavy atom. The zero-order chi connectivity index (χ0) is 20.5. The van der Waals surface area contributed by atoms with Crippen LogP contribution in [0.4, 0.5) is 10.5 Å². The van der Waals surface area contributed by atoms with E-state index in [-0.39, 0.29) is 12.1 Å². The summed E-state index contributed by atoms with van der Waals surface area (Å²) in [5, 5.41) is 2.93. The molecular formula is C21H16N4O4. The number of primary amides is 1. The third-order valence-electron chi connectivity index (χ3n) is 4.56. The first-order chi connectivity index (χ1) is 14.0. The summed E-state index contributed by atoms with van der Waals surface area (Å²) in [5.41, 5.74) is 6.77. The maximum atomic E-state index is 13.0. The van der Waals surface area contributed by atoms with Gasteiger partial charge in [0.1, 0.15) is 12.1 Å². The molecule has 1 saturated heterocycles. The molecule has 0 saturated carbocycles. The number of nitrogens with zero attached hydrogens (tertiary/aromatic N) is 2. The van der Waals surface area contributed by atoms with Gasteiger partial charge in [0.2, 0.25) is 5.91 Å². The van der Waals surface area contributed by atoms with Gasteiger partial charge in [-0.1, -0.05) is 36.4 Å². The summed E-state index contributed by atoms with van der Waals surface area (Å²) in [6.07, 6.45) is 3.06. The topological polar surface area (TPSA) is 114 Å². The summed E-state index contributed by atoms with van der Waals surface area (Å²) in [4.78, 5) is 49.9. The molecule has 1 aliphatic rings. The average Bonchev–Trinajstić information content (AvgIpc) is 3.03. The smallest absolute Gasteiger partial charge is 0.335 e. The van der Waals surface area contributed by atoms with Gasteiger partial charge in [0, 0.05) is 22.7 Å². The van der Waals surface area contributed by atoms with Crippen LogP contribution in [0.25, 0.3) is 17.0 Å². The van der Waals surface area contributed by atoms with Crippen molar-refractivity contribution < 1.29 is 19.2 Å². The molecule has 1 fully saturated rings. The van der Waals surface area contributed by atoms with E-state index in [1.54, 1.807) is 41.1 Å². The molecule has 1 aromatic heterocycles. The van der Waals surface area contributed by atoms with Crippen molar-refractivity contribution in [2.45, 2.75) is 6.54 Å². The van der Waals surface area contributed by atoms with Crippen molar-refractivity contribution in [3.63, 3.8) is 0 Å². The number of fused-ring (bicyclic) bond motifs is 1. The fourth-order valence-corrected chi connectivity index (χ4v) is 3.31. The maximum Gasteiger partial charge on any atom is 0.335 e. The van der Waals surface area contributed by atoms with Crippen molar-refractivity contribution in [2.24, 2.45) is 5.73 Å². The molecule has 8 heteroatoms. The van der Waals surface area contributed by atoms with Crippen molar-refractivity contribution in [3.05, 3.63) is 71.9 Å². The van der Waals surface area contributed by atoms with Crippen LogP contribution in [0.5, 0.6) is 0 Å². The lowest BCUT2D eigenvalue weighted by Gasteiger charge is -2.26. The van der Waals surface area contributed by atoms with Gasteiger partial charge in [-0.3, -0.25) is 19.7 Å². The molecule has 0 spiro atoms. The van der Waals surface area contributed by atoms with Gasteiger partial charge in [0.05, 0.1) is 5.69 Å². The standard InChI is InChI=1S/C21H16N4O4/c22-18(26)12-24-11-13(15-8-4-5-9-17(15)24)10-16-19(27)23-21(29)25(20(16)28)14-6-2-1-3-7-14/h1-11H,12H2,(H2,22,26)(H,23,27,29)/b16-10+.